The van der Waals surface area contributed by atoms with Crippen LogP contribution >= 0.6 is 0 Å². The first-order chi connectivity index (χ1) is 13.5. The van der Waals surface area contributed by atoms with E-state index in [4.69, 9.17) is 9.15 Å². The lowest BCUT2D eigenvalue weighted by atomic mass is 10.1. The van der Waals surface area contributed by atoms with Crippen molar-refractivity contribution >= 4 is 34.7 Å². The van der Waals surface area contributed by atoms with Crippen LogP contribution in [0.25, 0.3) is 17.0 Å². The normalized spacial score (nSPS) is 11.0. The third kappa shape index (κ3) is 4.85. The van der Waals surface area contributed by atoms with E-state index in [-0.39, 0.29) is 5.76 Å². The summed E-state index contributed by atoms with van der Waals surface area (Å²) in [4.78, 5) is 36.4. The van der Waals surface area contributed by atoms with Crippen LogP contribution in [0.1, 0.15) is 11.3 Å². The maximum atomic E-state index is 11.8. The molecule has 1 aromatic carbocycles. The molecule has 28 heavy (non-hydrogen) atoms. The number of carbonyl (C=O) groups is 2. The zero-order valence-corrected chi connectivity index (χ0v) is 14.7. The Bertz CT molecular complexity index is 1030. The van der Waals surface area contributed by atoms with Crippen molar-refractivity contribution in [3.8, 4) is 0 Å². The lowest BCUT2D eigenvalue weighted by Crippen LogP contribution is -2.30. The first-order valence-electron chi connectivity index (χ1n) is 8.43. The van der Waals surface area contributed by atoms with Crippen LogP contribution in [0.15, 0.2) is 53.1 Å². The molecule has 9 heteroatoms. The number of H-pyrrole nitrogens is 1. The standard InChI is InChI=1S/C19H17N3O6/c23-17(20-10-9-13-11-21-16-4-2-1-3-15(13)16)12-27-19(24)8-6-14-5-7-18(28-14)22(25)26/h1-8,11,21H,9-10,12H2,(H,20,23)/b8-6+. The second kappa shape index (κ2) is 8.67. The number of ether oxygens (including phenoxy) is 1. The van der Waals surface area contributed by atoms with E-state index in [9.17, 15) is 19.7 Å². The van der Waals surface area contributed by atoms with Gasteiger partial charge in [-0.2, -0.15) is 0 Å². The van der Waals surface area contributed by atoms with Crippen LogP contribution in [-0.2, 0) is 20.7 Å². The maximum absolute atomic E-state index is 11.8. The second-order valence-electron chi connectivity index (χ2n) is 5.83. The molecule has 0 radical (unpaired) electrons. The van der Waals surface area contributed by atoms with Crippen LogP contribution < -0.4 is 5.32 Å². The predicted molar refractivity (Wildman–Crippen MR) is 100 cm³/mol. The Morgan fingerprint density at radius 3 is 2.86 bits per heavy atom. The molecule has 3 aromatic rings. The first kappa shape index (κ1) is 18.9. The number of benzene rings is 1. The summed E-state index contributed by atoms with van der Waals surface area (Å²) in [5.41, 5.74) is 2.12. The molecule has 3 rings (SSSR count). The van der Waals surface area contributed by atoms with Crippen LogP contribution in [0, 0.1) is 10.1 Å². The third-order valence-electron chi connectivity index (χ3n) is 3.91. The average Bonchev–Trinajstić information content (AvgIpc) is 3.32. The molecule has 9 nitrogen and oxygen atoms in total. The number of hydrogen-bond donors (Lipinski definition) is 2. The second-order valence-corrected chi connectivity index (χ2v) is 5.83. The van der Waals surface area contributed by atoms with E-state index in [1.54, 1.807) is 0 Å². The number of rotatable bonds is 8. The van der Waals surface area contributed by atoms with Crippen molar-refractivity contribution in [3.05, 3.63) is 70.1 Å². The fourth-order valence-electron chi connectivity index (χ4n) is 2.59. The van der Waals surface area contributed by atoms with Gasteiger partial charge in [-0.25, -0.2) is 4.79 Å². The summed E-state index contributed by atoms with van der Waals surface area (Å²) in [6, 6.07) is 10.4. The fourth-order valence-corrected chi connectivity index (χ4v) is 2.59. The number of para-hydroxylation sites is 1. The zero-order valence-electron chi connectivity index (χ0n) is 14.7. The Morgan fingerprint density at radius 2 is 2.07 bits per heavy atom. The van der Waals surface area contributed by atoms with Gasteiger partial charge < -0.3 is 19.5 Å². The number of nitrogens with zero attached hydrogens (tertiary/aromatic N) is 1. The van der Waals surface area contributed by atoms with Crippen molar-refractivity contribution in [2.75, 3.05) is 13.2 Å². The van der Waals surface area contributed by atoms with E-state index in [1.165, 1.54) is 18.2 Å². The molecule has 0 aliphatic rings. The van der Waals surface area contributed by atoms with Crippen molar-refractivity contribution < 1.29 is 23.7 Å². The number of amides is 1. The molecular weight excluding hydrogens is 366 g/mol. The quantitative estimate of drug-likeness (QED) is 0.266. The van der Waals surface area contributed by atoms with Crippen LogP contribution in [0.5, 0.6) is 0 Å². The number of carbonyl (C=O) groups excluding carboxylic acids is 2. The number of nitro groups is 1. The summed E-state index contributed by atoms with van der Waals surface area (Å²) in [6.07, 6.45) is 4.80. The minimum atomic E-state index is -0.758. The Labute approximate surface area is 159 Å². The molecule has 0 saturated carbocycles. The van der Waals surface area contributed by atoms with Gasteiger partial charge in [0.05, 0.1) is 6.07 Å². The van der Waals surface area contributed by atoms with Gasteiger partial charge in [0.1, 0.15) is 10.7 Å². The summed E-state index contributed by atoms with van der Waals surface area (Å²) in [5.74, 6) is -1.48. The lowest BCUT2D eigenvalue weighted by molar-refractivity contribution is -0.402. The monoisotopic (exact) mass is 383 g/mol. The molecule has 0 unspecified atom stereocenters. The number of furan rings is 1. The molecule has 0 aliphatic heterocycles. The van der Waals surface area contributed by atoms with E-state index in [2.05, 4.69) is 10.3 Å². The predicted octanol–water partition coefficient (Wildman–Crippen LogP) is 2.58. The van der Waals surface area contributed by atoms with Crippen molar-refractivity contribution in [1.82, 2.24) is 10.3 Å². The number of aromatic amines is 1. The molecule has 0 atom stereocenters. The fraction of sp³-hybridized carbons (Fsp3) is 0.158. The smallest absolute Gasteiger partial charge is 0.433 e. The largest absolute Gasteiger partial charge is 0.452 e. The van der Waals surface area contributed by atoms with Crippen molar-refractivity contribution in [2.45, 2.75) is 6.42 Å². The number of hydrogen-bond acceptors (Lipinski definition) is 6. The molecular formula is C19H17N3O6. The number of fused-ring (bicyclic) bond motifs is 1. The van der Waals surface area contributed by atoms with Crippen molar-refractivity contribution in [1.29, 1.82) is 0 Å². The first-order valence-corrected chi connectivity index (χ1v) is 8.43. The summed E-state index contributed by atoms with van der Waals surface area (Å²) < 4.78 is 9.68. The Kier molecular flexibility index (Phi) is 5.85. The molecule has 0 saturated heterocycles. The van der Waals surface area contributed by atoms with E-state index in [1.807, 2.05) is 30.5 Å². The average molecular weight is 383 g/mol. The van der Waals surface area contributed by atoms with E-state index >= 15 is 0 Å². The number of nitrogens with one attached hydrogen (secondary N) is 2. The van der Waals surface area contributed by atoms with Crippen molar-refractivity contribution in [3.63, 3.8) is 0 Å². The van der Waals surface area contributed by atoms with Gasteiger partial charge in [-0.3, -0.25) is 14.9 Å². The van der Waals surface area contributed by atoms with E-state index in [0.717, 1.165) is 22.5 Å². The Balaban J connectivity index is 1.39. The number of esters is 1. The van der Waals surface area contributed by atoms with Gasteiger partial charge in [0.25, 0.3) is 5.91 Å². The Hall–Kier alpha value is -3.88. The molecule has 0 spiro atoms. The van der Waals surface area contributed by atoms with Gasteiger partial charge in [0.2, 0.25) is 0 Å². The van der Waals surface area contributed by atoms with Crippen LogP contribution in [0.4, 0.5) is 5.88 Å². The van der Waals surface area contributed by atoms with Gasteiger partial charge in [-0.1, -0.05) is 18.2 Å². The maximum Gasteiger partial charge on any atom is 0.433 e. The van der Waals surface area contributed by atoms with E-state index < -0.39 is 29.3 Å². The third-order valence-corrected chi connectivity index (χ3v) is 3.91. The summed E-state index contributed by atoms with van der Waals surface area (Å²) >= 11 is 0. The molecule has 0 fully saturated rings. The van der Waals surface area contributed by atoms with Crippen LogP contribution in [-0.4, -0.2) is 34.9 Å². The highest BCUT2D eigenvalue weighted by Crippen LogP contribution is 2.18. The van der Waals surface area contributed by atoms with Gasteiger partial charge >= 0.3 is 11.9 Å². The van der Waals surface area contributed by atoms with Crippen LogP contribution in [0.2, 0.25) is 0 Å². The van der Waals surface area contributed by atoms with Crippen LogP contribution in [0.3, 0.4) is 0 Å². The zero-order chi connectivity index (χ0) is 19.9. The molecule has 2 N–H and O–H groups in total. The van der Waals surface area contributed by atoms with Gasteiger partial charge in [0, 0.05) is 29.7 Å². The molecule has 144 valence electrons. The minimum absolute atomic E-state index is 0.131. The van der Waals surface area contributed by atoms with E-state index in [0.29, 0.717) is 13.0 Å². The molecule has 1 amide bonds. The highest BCUT2D eigenvalue weighted by molar-refractivity contribution is 5.89. The van der Waals surface area contributed by atoms with Gasteiger partial charge in [-0.05, 0) is 30.2 Å². The molecule has 0 bridgehead atoms. The SMILES string of the molecule is O=C(COC(=O)/C=C/c1ccc([N+](=O)[O-])o1)NCCc1c[nH]c2ccccc12. The number of aromatic nitrogens is 1. The molecule has 2 heterocycles. The minimum Gasteiger partial charge on any atom is -0.452 e. The van der Waals surface area contributed by atoms with Gasteiger partial charge in [0.15, 0.2) is 6.61 Å². The molecule has 2 aromatic heterocycles. The highest BCUT2D eigenvalue weighted by Gasteiger charge is 2.11. The van der Waals surface area contributed by atoms with Crippen molar-refractivity contribution in [2.24, 2.45) is 0 Å². The van der Waals surface area contributed by atoms with Gasteiger partial charge in [-0.15, -0.1) is 0 Å². The lowest BCUT2D eigenvalue weighted by Gasteiger charge is -2.05. The highest BCUT2D eigenvalue weighted by atomic mass is 16.6. The summed E-state index contributed by atoms with van der Waals surface area (Å²) in [5, 5.41) is 14.3. The Morgan fingerprint density at radius 1 is 1.25 bits per heavy atom. The summed E-state index contributed by atoms with van der Waals surface area (Å²) in [6.45, 7) is -0.0144. The summed E-state index contributed by atoms with van der Waals surface area (Å²) in [7, 11) is 0. The molecule has 0 aliphatic carbocycles. The topological polar surface area (TPSA) is 127 Å².